The van der Waals surface area contributed by atoms with Crippen LogP contribution in [-0.2, 0) is 0 Å². The number of imide groups is 1. The van der Waals surface area contributed by atoms with Crippen molar-refractivity contribution in [1.82, 2.24) is 15.1 Å². The van der Waals surface area contributed by atoms with Gasteiger partial charge in [0.2, 0.25) is 0 Å². The number of fused-ring (bicyclic) bond motifs is 1. The van der Waals surface area contributed by atoms with Crippen LogP contribution in [0.1, 0.15) is 40.5 Å². The normalized spacial score (nSPS) is 22.0. The van der Waals surface area contributed by atoms with E-state index in [0.29, 0.717) is 23.8 Å². The molecule has 2 aliphatic heterocycles. The van der Waals surface area contributed by atoms with Crippen LogP contribution < -0.4 is 5.32 Å². The Kier molecular flexibility index (Phi) is 4.03. The molecule has 0 saturated carbocycles. The van der Waals surface area contributed by atoms with E-state index in [1.165, 1.54) is 4.90 Å². The Labute approximate surface area is 124 Å². The monoisotopic (exact) mass is 287 g/mol. The van der Waals surface area contributed by atoms with Gasteiger partial charge in [-0.2, -0.15) is 0 Å². The van der Waals surface area contributed by atoms with Gasteiger partial charge in [-0.25, -0.2) is 0 Å². The van der Waals surface area contributed by atoms with E-state index in [1.54, 1.807) is 24.3 Å². The van der Waals surface area contributed by atoms with Gasteiger partial charge in [0, 0.05) is 12.6 Å². The van der Waals surface area contributed by atoms with Crippen LogP contribution in [0.25, 0.3) is 0 Å². The molecular formula is C16H21N3O2. The van der Waals surface area contributed by atoms with Crippen LogP contribution >= 0.6 is 0 Å². The van der Waals surface area contributed by atoms with Gasteiger partial charge >= 0.3 is 0 Å². The molecule has 0 aromatic heterocycles. The molecule has 112 valence electrons. The second kappa shape index (κ2) is 5.95. The number of likely N-dealkylation sites (N-methyl/N-ethyl adjacent to an activating group) is 1. The van der Waals surface area contributed by atoms with Crippen LogP contribution in [0.5, 0.6) is 0 Å². The second-order valence-electron chi connectivity index (χ2n) is 5.63. The SMILES string of the molecule is CCN(CN1C(=O)c2ccccc2C1=O)C1CCCNC1. The summed E-state index contributed by atoms with van der Waals surface area (Å²) in [4.78, 5) is 28.4. The molecule has 2 amide bonds. The molecule has 2 heterocycles. The van der Waals surface area contributed by atoms with E-state index in [-0.39, 0.29) is 11.8 Å². The summed E-state index contributed by atoms with van der Waals surface area (Å²) in [6.45, 7) is 5.28. The fourth-order valence-electron chi connectivity index (χ4n) is 3.17. The highest BCUT2D eigenvalue weighted by Gasteiger charge is 2.36. The van der Waals surface area contributed by atoms with Gasteiger partial charge < -0.3 is 5.32 Å². The summed E-state index contributed by atoms with van der Waals surface area (Å²) in [7, 11) is 0. The molecule has 5 heteroatoms. The first-order chi connectivity index (χ1) is 10.2. The maximum Gasteiger partial charge on any atom is 0.262 e. The predicted molar refractivity (Wildman–Crippen MR) is 80.1 cm³/mol. The molecule has 0 radical (unpaired) electrons. The van der Waals surface area contributed by atoms with Crippen molar-refractivity contribution in [3.63, 3.8) is 0 Å². The van der Waals surface area contributed by atoms with Crippen LogP contribution in [0.2, 0.25) is 0 Å². The number of carbonyl (C=O) groups is 2. The van der Waals surface area contributed by atoms with E-state index < -0.39 is 0 Å². The highest BCUT2D eigenvalue weighted by Crippen LogP contribution is 2.23. The van der Waals surface area contributed by atoms with E-state index in [2.05, 4.69) is 17.1 Å². The molecule has 1 N–H and O–H groups in total. The first-order valence-electron chi connectivity index (χ1n) is 7.62. The molecule has 3 rings (SSSR count). The maximum absolute atomic E-state index is 12.4. The number of amides is 2. The lowest BCUT2D eigenvalue weighted by Crippen LogP contribution is -2.51. The minimum absolute atomic E-state index is 0.169. The van der Waals surface area contributed by atoms with E-state index in [0.717, 1.165) is 32.5 Å². The number of rotatable bonds is 4. The Bertz CT molecular complexity index is 517. The number of hydrogen-bond donors (Lipinski definition) is 1. The van der Waals surface area contributed by atoms with Gasteiger partial charge in [-0.1, -0.05) is 19.1 Å². The standard InChI is InChI=1S/C16H21N3O2/c1-2-18(12-6-5-9-17-10-12)11-19-15(20)13-7-3-4-8-14(13)16(19)21/h3-4,7-8,12,17H,2,5-6,9-11H2,1H3. The molecule has 1 aromatic rings. The molecule has 21 heavy (non-hydrogen) atoms. The van der Waals surface area contributed by atoms with Crippen LogP contribution in [0.4, 0.5) is 0 Å². The summed E-state index contributed by atoms with van der Waals surface area (Å²) in [6.07, 6.45) is 2.26. The van der Waals surface area contributed by atoms with Gasteiger partial charge in [0.25, 0.3) is 11.8 Å². The van der Waals surface area contributed by atoms with Crippen molar-refractivity contribution < 1.29 is 9.59 Å². The van der Waals surface area contributed by atoms with Crippen molar-refractivity contribution in [2.75, 3.05) is 26.3 Å². The fourth-order valence-corrected chi connectivity index (χ4v) is 3.17. The van der Waals surface area contributed by atoms with E-state index in [4.69, 9.17) is 0 Å². The Morgan fingerprint density at radius 1 is 1.24 bits per heavy atom. The van der Waals surface area contributed by atoms with Crippen molar-refractivity contribution in [3.8, 4) is 0 Å². The number of benzene rings is 1. The zero-order valence-electron chi connectivity index (χ0n) is 12.3. The average Bonchev–Trinajstić information content (AvgIpc) is 2.78. The lowest BCUT2D eigenvalue weighted by atomic mass is 10.1. The van der Waals surface area contributed by atoms with Gasteiger partial charge in [0.05, 0.1) is 17.8 Å². The van der Waals surface area contributed by atoms with Gasteiger partial charge in [0.1, 0.15) is 0 Å². The number of piperidine rings is 1. The van der Waals surface area contributed by atoms with E-state index >= 15 is 0 Å². The molecule has 0 spiro atoms. The fraction of sp³-hybridized carbons (Fsp3) is 0.500. The summed E-state index contributed by atoms with van der Waals surface area (Å²) >= 11 is 0. The minimum atomic E-state index is -0.169. The van der Waals surface area contributed by atoms with Crippen molar-refractivity contribution >= 4 is 11.8 Å². The summed E-state index contributed by atoms with van der Waals surface area (Å²) in [5.41, 5.74) is 1.06. The van der Waals surface area contributed by atoms with Crippen molar-refractivity contribution in [1.29, 1.82) is 0 Å². The first-order valence-corrected chi connectivity index (χ1v) is 7.62. The molecule has 5 nitrogen and oxygen atoms in total. The van der Waals surface area contributed by atoms with E-state index in [9.17, 15) is 9.59 Å². The first kappa shape index (κ1) is 14.2. The summed E-state index contributed by atoms with van der Waals surface area (Å²) < 4.78 is 0. The second-order valence-corrected chi connectivity index (χ2v) is 5.63. The molecule has 1 atom stereocenters. The van der Waals surface area contributed by atoms with Crippen molar-refractivity contribution in [2.24, 2.45) is 0 Å². The highest BCUT2D eigenvalue weighted by molar-refractivity contribution is 6.21. The van der Waals surface area contributed by atoms with Crippen molar-refractivity contribution in [2.45, 2.75) is 25.8 Å². The summed E-state index contributed by atoms with van der Waals surface area (Å²) in [5, 5.41) is 3.38. The van der Waals surface area contributed by atoms with Crippen molar-refractivity contribution in [3.05, 3.63) is 35.4 Å². The number of hydrogen-bond acceptors (Lipinski definition) is 4. The largest absolute Gasteiger partial charge is 0.315 e. The summed E-state index contributed by atoms with van der Waals surface area (Å²) in [6, 6.07) is 7.46. The van der Waals surface area contributed by atoms with Gasteiger partial charge in [-0.05, 0) is 38.1 Å². The Hall–Kier alpha value is -1.72. The zero-order valence-corrected chi connectivity index (χ0v) is 12.3. The molecule has 0 bridgehead atoms. The zero-order chi connectivity index (χ0) is 14.8. The number of nitrogens with one attached hydrogen (secondary N) is 1. The molecule has 1 saturated heterocycles. The predicted octanol–water partition coefficient (Wildman–Crippen LogP) is 1.31. The topological polar surface area (TPSA) is 52.7 Å². The van der Waals surface area contributed by atoms with Crippen LogP contribution in [0.3, 0.4) is 0 Å². The van der Waals surface area contributed by atoms with Gasteiger partial charge in [-0.3, -0.25) is 19.4 Å². The molecule has 2 aliphatic rings. The van der Waals surface area contributed by atoms with Gasteiger partial charge in [0.15, 0.2) is 0 Å². The number of nitrogens with zero attached hydrogens (tertiary/aromatic N) is 2. The lowest BCUT2D eigenvalue weighted by Gasteiger charge is -2.35. The third kappa shape index (κ3) is 2.59. The molecule has 1 unspecified atom stereocenters. The third-order valence-corrected chi connectivity index (χ3v) is 4.39. The van der Waals surface area contributed by atoms with Crippen LogP contribution in [-0.4, -0.2) is 54.0 Å². The Morgan fingerprint density at radius 3 is 2.43 bits per heavy atom. The molecule has 1 aromatic carbocycles. The number of carbonyl (C=O) groups excluding carboxylic acids is 2. The Morgan fingerprint density at radius 2 is 1.90 bits per heavy atom. The lowest BCUT2D eigenvalue weighted by molar-refractivity contribution is 0.0469. The summed E-state index contributed by atoms with van der Waals surface area (Å²) in [5.74, 6) is -0.337. The quantitative estimate of drug-likeness (QED) is 0.849. The molecular weight excluding hydrogens is 266 g/mol. The van der Waals surface area contributed by atoms with Crippen LogP contribution in [0.15, 0.2) is 24.3 Å². The Balaban J connectivity index is 1.75. The minimum Gasteiger partial charge on any atom is -0.315 e. The van der Waals surface area contributed by atoms with Gasteiger partial charge in [-0.15, -0.1) is 0 Å². The molecule has 0 aliphatic carbocycles. The smallest absolute Gasteiger partial charge is 0.262 e. The maximum atomic E-state index is 12.4. The third-order valence-electron chi connectivity index (χ3n) is 4.39. The highest BCUT2D eigenvalue weighted by atomic mass is 16.2. The van der Waals surface area contributed by atoms with E-state index in [1.807, 2.05) is 0 Å². The molecule has 1 fully saturated rings. The average molecular weight is 287 g/mol. The van der Waals surface area contributed by atoms with Crippen LogP contribution in [0, 0.1) is 0 Å².